The van der Waals surface area contributed by atoms with Crippen molar-refractivity contribution in [2.45, 2.75) is 27.4 Å². The minimum absolute atomic E-state index is 0.654. The van der Waals surface area contributed by atoms with Gasteiger partial charge in [-0.15, -0.1) is 0 Å². The number of benzene rings is 1. The van der Waals surface area contributed by atoms with Gasteiger partial charge in [0.2, 0.25) is 0 Å². The lowest BCUT2D eigenvalue weighted by molar-refractivity contribution is 0.134. The fourth-order valence-electron chi connectivity index (χ4n) is 0.903. The van der Waals surface area contributed by atoms with Crippen LogP contribution in [0, 0.1) is 0 Å². The van der Waals surface area contributed by atoms with Crippen LogP contribution in [0.1, 0.15) is 26.3 Å². The van der Waals surface area contributed by atoms with Crippen LogP contribution in [0.4, 0.5) is 5.69 Å². The Kier molecular flexibility index (Phi) is 7.02. The van der Waals surface area contributed by atoms with Gasteiger partial charge in [0.25, 0.3) is 0 Å². The van der Waals surface area contributed by atoms with Gasteiger partial charge in [-0.1, -0.05) is 26.0 Å². The lowest BCUT2D eigenvalue weighted by Crippen LogP contribution is -1.93. The summed E-state index contributed by atoms with van der Waals surface area (Å²) in [5, 5.41) is 0. The van der Waals surface area contributed by atoms with Crippen LogP contribution in [0.2, 0.25) is 0 Å². The molecule has 2 heteroatoms. The Hall–Kier alpha value is -1.02. The maximum absolute atomic E-state index is 5.57. The molecule has 0 bridgehead atoms. The molecule has 0 radical (unpaired) electrons. The summed E-state index contributed by atoms with van der Waals surface area (Å²) in [5.74, 6) is 0. The van der Waals surface area contributed by atoms with Gasteiger partial charge in [-0.2, -0.15) is 0 Å². The van der Waals surface area contributed by atoms with E-state index in [1.807, 2.05) is 45.0 Å². The van der Waals surface area contributed by atoms with E-state index in [1.54, 1.807) is 0 Å². The average Bonchev–Trinajstić information content (AvgIpc) is 2.18. The highest BCUT2D eigenvalue weighted by Crippen LogP contribution is 2.07. The van der Waals surface area contributed by atoms with Crippen LogP contribution in [-0.4, -0.2) is 6.61 Å². The molecule has 0 aliphatic heterocycles. The van der Waals surface area contributed by atoms with Gasteiger partial charge in [0.1, 0.15) is 0 Å². The molecular weight excluding hydrogens is 162 g/mol. The Labute approximate surface area is 80.7 Å². The predicted molar refractivity (Wildman–Crippen MR) is 57.5 cm³/mol. The van der Waals surface area contributed by atoms with Crippen molar-refractivity contribution >= 4 is 5.69 Å². The summed E-state index contributed by atoms with van der Waals surface area (Å²) in [6.07, 6.45) is 0. The minimum Gasteiger partial charge on any atom is -0.399 e. The van der Waals surface area contributed by atoms with Crippen molar-refractivity contribution in [3.63, 3.8) is 0 Å². The van der Waals surface area contributed by atoms with Gasteiger partial charge in [-0.05, 0) is 24.6 Å². The molecule has 74 valence electrons. The number of hydrogen-bond donors (Lipinski definition) is 1. The molecule has 0 saturated heterocycles. The molecular formula is C11H19NO. The highest BCUT2D eigenvalue weighted by Gasteiger charge is 1.91. The van der Waals surface area contributed by atoms with Crippen molar-refractivity contribution < 1.29 is 4.74 Å². The van der Waals surface area contributed by atoms with Crippen molar-refractivity contribution in [2.75, 3.05) is 12.3 Å². The molecule has 13 heavy (non-hydrogen) atoms. The first-order valence-corrected chi connectivity index (χ1v) is 4.75. The van der Waals surface area contributed by atoms with Crippen molar-refractivity contribution in [1.29, 1.82) is 0 Å². The molecule has 0 unspecified atom stereocenters. The van der Waals surface area contributed by atoms with E-state index < -0.39 is 0 Å². The van der Waals surface area contributed by atoms with Crippen LogP contribution >= 0.6 is 0 Å². The lowest BCUT2D eigenvalue weighted by atomic mass is 10.2. The summed E-state index contributed by atoms with van der Waals surface area (Å²) < 4.78 is 5.22. The minimum atomic E-state index is 0.654. The number of nitrogen functional groups attached to an aromatic ring is 1. The molecule has 0 aliphatic rings. The van der Waals surface area contributed by atoms with Gasteiger partial charge in [-0.3, -0.25) is 0 Å². The molecule has 0 amide bonds. The molecule has 1 rings (SSSR count). The fourth-order valence-corrected chi connectivity index (χ4v) is 0.903. The molecule has 0 fully saturated rings. The third kappa shape index (κ3) is 5.26. The molecule has 2 N–H and O–H groups in total. The van der Waals surface area contributed by atoms with Crippen LogP contribution < -0.4 is 5.73 Å². The zero-order valence-corrected chi connectivity index (χ0v) is 8.71. The average molecular weight is 181 g/mol. The Morgan fingerprint density at radius 1 is 1.31 bits per heavy atom. The molecule has 0 atom stereocenters. The van der Waals surface area contributed by atoms with Crippen LogP contribution in [-0.2, 0) is 11.3 Å². The predicted octanol–water partition coefficient (Wildman–Crippen LogP) is 2.83. The third-order valence-electron chi connectivity index (χ3n) is 1.42. The Morgan fingerprint density at radius 3 is 2.54 bits per heavy atom. The van der Waals surface area contributed by atoms with E-state index in [2.05, 4.69) is 0 Å². The standard InChI is InChI=1S/C9H13NO.C2H6/c1-2-11-7-8-4-3-5-9(10)6-8;1-2/h3-6H,2,7,10H2,1H3;1-2H3. The van der Waals surface area contributed by atoms with E-state index in [-0.39, 0.29) is 0 Å². The van der Waals surface area contributed by atoms with Crippen molar-refractivity contribution in [2.24, 2.45) is 0 Å². The SMILES string of the molecule is CC.CCOCc1cccc(N)c1. The van der Waals surface area contributed by atoms with Crippen molar-refractivity contribution in [1.82, 2.24) is 0 Å². The summed E-state index contributed by atoms with van der Waals surface area (Å²) in [7, 11) is 0. The first kappa shape index (κ1) is 12.0. The summed E-state index contributed by atoms with van der Waals surface area (Å²) in [5.41, 5.74) is 7.50. The maximum Gasteiger partial charge on any atom is 0.0717 e. The molecule has 2 nitrogen and oxygen atoms in total. The normalized spacial score (nSPS) is 8.85. The highest BCUT2D eigenvalue weighted by atomic mass is 16.5. The molecule has 0 heterocycles. The van der Waals surface area contributed by atoms with Crippen LogP contribution in [0.3, 0.4) is 0 Å². The maximum atomic E-state index is 5.57. The third-order valence-corrected chi connectivity index (χ3v) is 1.42. The molecule has 0 saturated carbocycles. The smallest absolute Gasteiger partial charge is 0.0717 e. The van der Waals surface area contributed by atoms with E-state index >= 15 is 0 Å². The van der Waals surface area contributed by atoms with Crippen LogP contribution in [0.5, 0.6) is 0 Å². The second kappa shape index (κ2) is 7.62. The summed E-state index contributed by atoms with van der Waals surface area (Å²) in [6.45, 7) is 7.38. The number of rotatable bonds is 3. The van der Waals surface area contributed by atoms with E-state index in [0.717, 1.165) is 17.9 Å². The number of hydrogen-bond acceptors (Lipinski definition) is 2. The first-order valence-electron chi connectivity index (χ1n) is 4.75. The zero-order chi connectivity index (χ0) is 10.1. The monoisotopic (exact) mass is 181 g/mol. The zero-order valence-electron chi connectivity index (χ0n) is 8.71. The molecule has 1 aromatic carbocycles. The van der Waals surface area contributed by atoms with Gasteiger partial charge in [0.15, 0.2) is 0 Å². The summed E-state index contributed by atoms with van der Waals surface area (Å²) >= 11 is 0. The van der Waals surface area contributed by atoms with Gasteiger partial charge in [-0.25, -0.2) is 0 Å². The van der Waals surface area contributed by atoms with Crippen LogP contribution in [0.15, 0.2) is 24.3 Å². The summed E-state index contributed by atoms with van der Waals surface area (Å²) in [4.78, 5) is 0. The van der Waals surface area contributed by atoms with Gasteiger partial charge < -0.3 is 10.5 Å². The van der Waals surface area contributed by atoms with E-state index in [0.29, 0.717) is 6.61 Å². The van der Waals surface area contributed by atoms with Gasteiger partial charge in [0.05, 0.1) is 6.61 Å². The fraction of sp³-hybridized carbons (Fsp3) is 0.455. The molecule has 0 aromatic heterocycles. The molecule has 1 aromatic rings. The Balaban J connectivity index is 0.000000671. The van der Waals surface area contributed by atoms with Crippen LogP contribution in [0.25, 0.3) is 0 Å². The number of ether oxygens (including phenoxy) is 1. The van der Waals surface area contributed by atoms with E-state index in [4.69, 9.17) is 10.5 Å². The number of anilines is 1. The molecule has 0 spiro atoms. The molecule has 0 aliphatic carbocycles. The summed E-state index contributed by atoms with van der Waals surface area (Å²) in [6, 6.07) is 7.74. The quantitative estimate of drug-likeness (QED) is 0.728. The second-order valence-electron chi connectivity index (χ2n) is 2.38. The van der Waals surface area contributed by atoms with Crippen molar-refractivity contribution in [3.8, 4) is 0 Å². The first-order chi connectivity index (χ1) is 6.33. The highest BCUT2D eigenvalue weighted by molar-refractivity contribution is 5.40. The van der Waals surface area contributed by atoms with Gasteiger partial charge >= 0.3 is 0 Å². The Bertz CT molecular complexity index is 223. The number of nitrogens with two attached hydrogens (primary N) is 1. The topological polar surface area (TPSA) is 35.2 Å². The van der Waals surface area contributed by atoms with E-state index in [9.17, 15) is 0 Å². The largest absolute Gasteiger partial charge is 0.399 e. The Morgan fingerprint density at radius 2 is 2.00 bits per heavy atom. The second-order valence-corrected chi connectivity index (χ2v) is 2.38. The van der Waals surface area contributed by atoms with E-state index in [1.165, 1.54) is 0 Å². The van der Waals surface area contributed by atoms with Crippen molar-refractivity contribution in [3.05, 3.63) is 29.8 Å². The lowest BCUT2D eigenvalue weighted by Gasteiger charge is -2.01. The van der Waals surface area contributed by atoms with Gasteiger partial charge in [0, 0.05) is 12.3 Å².